The van der Waals surface area contributed by atoms with E-state index in [-0.39, 0.29) is 5.92 Å². The van der Waals surface area contributed by atoms with Gasteiger partial charge in [0.2, 0.25) is 0 Å². The van der Waals surface area contributed by atoms with E-state index in [9.17, 15) is 8.78 Å². The van der Waals surface area contributed by atoms with Gasteiger partial charge in [0.25, 0.3) is 0 Å². The largest absolute Gasteiger partial charge is 0.204 e. The zero-order valence-electron chi connectivity index (χ0n) is 7.72. The van der Waals surface area contributed by atoms with Gasteiger partial charge in [-0.2, -0.15) is 5.26 Å². The number of hydrogen-bond acceptors (Lipinski definition) is 1. The summed E-state index contributed by atoms with van der Waals surface area (Å²) in [5.74, 6) is -1.51. The molecule has 14 heavy (non-hydrogen) atoms. The monoisotopic (exact) mass is 193 g/mol. The molecule has 1 aliphatic rings. The van der Waals surface area contributed by atoms with Crippen LogP contribution in [0.15, 0.2) is 18.2 Å². The fourth-order valence-electron chi connectivity index (χ4n) is 1.82. The summed E-state index contributed by atoms with van der Waals surface area (Å²) in [6.45, 7) is 1.94. The van der Waals surface area contributed by atoms with Crippen molar-refractivity contribution in [3.63, 3.8) is 0 Å². The summed E-state index contributed by atoms with van der Waals surface area (Å²) < 4.78 is 25.6. The van der Waals surface area contributed by atoms with Crippen molar-refractivity contribution in [2.45, 2.75) is 18.8 Å². The number of nitriles is 1. The Bertz CT molecular complexity index is 422. The van der Waals surface area contributed by atoms with Crippen molar-refractivity contribution < 1.29 is 8.78 Å². The summed E-state index contributed by atoms with van der Waals surface area (Å²) in [5.41, 5.74) is 0.0144. The lowest BCUT2D eigenvalue weighted by Gasteiger charge is -2.07. The summed E-state index contributed by atoms with van der Waals surface area (Å²) in [6, 6.07) is 5.87. The zero-order valence-corrected chi connectivity index (χ0v) is 7.72. The molecular weight excluding hydrogens is 184 g/mol. The smallest absolute Gasteiger partial charge is 0.159 e. The normalized spacial score (nSPS) is 29.7. The van der Waals surface area contributed by atoms with Crippen molar-refractivity contribution in [3.05, 3.63) is 35.4 Å². The molecule has 1 aromatic rings. The van der Waals surface area contributed by atoms with E-state index in [1.54, 1.807) is 0 Å². The number of nitrogens with zero attached hydrogens (tertiary/aromatic N) is 1. The minimum Gasteiger partial charge on any atom is -0.204 e. The highest BCUT2D eigenvalue weighted by molar-refractivity contribution is 5.41. The summed E-state index contributed by atoms with van der Waals surface area (Å²) in [4.78, 5) is 0. The Morgan fingerprint density at radius 3 is 2.50 bits per heavy atom. The van der Waals surface area contributed by atoms with Crippen molar-refractivity contribution in [2.75, 3.05) is 0 Å². The average Bonchev–Trinajstić information content (AvgIpc) is 2.83. The van der Waals surface area contributed by atoms with E-state index < -0.39 is 17.0 Å². The Kier molecular flexibility index (Phi) is 1.81. The lowest BCUT2D eigenvalue weighted by Crippen LogP contribution is -2.06. The standard InChI is InChI=1S/C11H9F2N/c1-7-5-11(7,6-14)8-2-3-9(12)10(13)4-8/h2-4,7H,5H2,1H3. The van der Waals surface area contributed by atoms with Crippen LogP contribution in [0, 0.1) is 28.9 Å². The number of rotatable bonds is 1. The van der Waals surface area contributed by atoms with Gasteiger partial charge in [-0.15, -0.1) is 0 Å². The van der Waals surface area contributed by atoms with E-state index in [0.717, 1.165) is 18.6 Å². The van der Waals surface area contributed by atoms with Gasteiger partial charge in [0.1, 0.15) is 0 Å². The molecule has 0 N–H and O–H groups in total. The van der Waals surface area contributed by atoms with E-state index >= 15 is 0 Å². The van der Waals surface area contributed by atoms with Crippen LogP contribution in [-0.2, 0) is 5.41 Å². The minimum atomic E-state index is -0.878. The first-order valence-corrected chi connectivity index (χ1v) is 4.47. The Morgan fingerprint density at radius 2 is 2.07 bits per heavy atom. The fraction of sp³-hybridized carbons (Fsp3) is 0.364. The Morgan fingerprint density at radius 1 is 1.43 bits per heavy atom. The first kappa shape index (κ1) is 9.14. The van der Waals surface area contributed by atoms with Gasteiger partial charge in [0.15, 0.2) is 11.6 Å². The van der Waals surface area contributed by atoms with Crippen molar-refractivity contribution in [3.8, 4) is 6.07 Å². The number of benzene rings is 1. The van der Waals surface area contributed by atoms with Crippen molar-refractivity contribution in [1.82, 2.24) is 0 Å². The Hall–Kier alpha value is -1.43. The van der Waals surface area contributed by atoms with E-state index in [4.69, 9.17) is 5.26 Å². The summed E-state index contributed by atoms with van der Waals surface area (Å²) in [7, 11) is 0. The summed E-state index contributed by atoms with van der Waals surface area (Å²) in [6.07, 6.45) is 0.731. The van der Waals surface area contributed by atoms with Crippen LogP contribution in [0.1, 0.15) is 18.9 Å². The molecule has 0 saturated heterocycles. The fourth-order valence-corrected chi connectivity index (χ4v) is 1.82. The summed E-state index contributed by atoms with van der Waals surface area (Å²) >= 11 is 0. The van der Waals surface area contributed by atoms with Crippen LogP contribution in [0.25, 0.3) is 0 Å². The maximum atomic E-state index is 12.9. The van der Waals surface area contributed by atoms with Gasteiger partial charge < -0.3 is 0 Å². The molecule has 1 saturated carbocycles. The maximum absolute atomic E-state index is 12.9. The molecule has 0 radical (unpaired) electrons. The minimum absolute atomic E-state index is 0.234. The van der Waals surface area contributed by atoms with E-state index in [0.29, 0.717) is 5.56 Å². The first-order valence-electron chi connectivity index (χ1n) is 4.47. The van der Waals surface area contributed by atoms with Crippen molar-refractivity contribution >= 4 is 0 Å². The lowest BCUT2D eigenvalue weighted by atomic mass is 9.95. The molecule has 1 nitrogen and oxygen atoms in total. The van der Waals surface area contributed by atoms with Crippen LogP contribution < -0.4 is 0 Å². The van der Waals surface area contributed by atoms with Gasteiger partial charge in [0, 0.05) is 0 Å². The highest BCUT2D eigenvalue weighted by Crippen LogP contribution is 2.53. The number of halogens is 2. The molecule has 2 rings (SSSR count). The molecule has 72 valence electrons. The molecule has 1 aliphatic carbocycles. The van der Waals surface area contributed by atoms with Gasteiger partial charge in [-0.05, 0) is 30.0 Å². The third kappa shape index (κ3) is 1.11. The molecule has 0 aliphatic heterocycles. The van der Waals surface area contributed by atoms with E-state index in [2.05, 4.69) is 6.07 Å². The molecule has 0 bridgehead atoms. The van der Waals surface area contributed by atoms with Gasteiger partial charge >= 0.3 is 0 Å². The second-order valence-corrected chi connectivity index (χ2v) is 3.82. The molecule has 2 atom stereocenters. The van der Waals surface area contributed by atoms with Crippen LogP contribution in [0.5, 0.6) is 0 Å². The van der Waals surface area contributed by atoms with Gasteiger partial charge in [-0.1, -0.05) is 13.0 Å². The van der Waals surface area contributed by atoms with Crippen molar-refractivity contribution in [2.24, 2.45) is 5.92 Å². The topological polar surface area (TPSA) is 23.8 Å². The molecule has 1 aromatic carbocycles. The van der Waals surface area contributed by atoms with Gasteiger partial charge in [-0.25, -0.2) is 8.78 Å². The lowest BCUT2D eigenvalue weighted by molar-refractivity contribution is 0.505. The highest BCUT2D eigenvalue weighted by Gasteiger charge is 2.53. The maximum Gasteiger partial charge on any atom is 0.159 e. The summed E-state index contributed by atoms with van der Waals surface area (Å²) in [5, 5.41) is 8.97. The van der Waals surface area contributed by atoms with Gasteiger partial charge in [0.05, 0.1) is 11.5 Å². The quantitative estimate of drug-likeness (QED) is 0.672. The van der Waals surface area contributed by atoms with E-state index in [1.807, 2.05) is 6.92 Å². The Balaban J connectivity index is 2.44. The molecule has 0 aromatic heterocycles. The Labute approximate surface area is 81.0 Å². The third-order valence-corrected chi connectivity index (χ3v) is 2.94. The van der Waals surface area contributed by atoms with Gasteiger partial charge in [-0.3, -0.25) is 0 Å². The van der Waals surface area contributed by atoms with Crippen molar-refractivity contribution in [1.29, 1.82) is 5.26 Å². The average molecular weight is 193 g/mol. The molecule has 0 heterocycles. The zero-order chi connectivity index (χ0) is 10.3. The predicted octanol–water partition coefficient (Wildman–Crippen LogP) is 2.77. The molecule has 0 amide bonds. The van der Waals surface area contributed by atoms with Crippen LogP contribution in [0.2, 0.25) is 0 Å². The SMILES string of the molecule is CC1CC1(C#N)c1ccc(F)c(F)c1. The second-order valence-electron chi connectivity index (χ2n) is 3.82. The predicted molar refractivity (Wildman–Crippen MR) is 47.4 cm³/mol. The number of hydrogen-bond donors (Lipinski definition) is 0. The molecule has 0 spiro atoms. The third-order valence-electron chi connectivity index (χ3n) is 2.94. The second kappa shape index (κ2) is 2.78. The van der Waals surface area contributed by atoms with Crippen LogP contribution in [-0.4, -0.2) is 0 Å². The first-order chi connectivity index (χ1) is 6.60. The molecular formula is C11H9F2N. The molecule has 3 heteroatoms. The van der Waals surface area contributed by atoms with E-state index in [1.165, 1.54) is 6.07 Å². The molecule has 2 unspecified atom stereocenters. The highest BCUT2D eigenvalue weighted by atomic mass is 19.2. The van der Waals surface area contributed by atoms with Crippen LogP contribution in [0.3, 0.4) is 0 Å². The van der Waals surface area contributed by atoms with Crippen LogP contribution in [0.4, 0.5) is 8.78 Å². The van der Waals surface area contributed by atoms with Crippen LogP contribution >= 0.6 is 0 Å². The molecule has 1 fully saturated rings.